The van der Waals surface area contributed by atoms with Gasteiger partial charge in [-0.2, -0.15) is 0 Å². The number of aryl methyl sites for hydroxylation is 1. The van der Waals surface area contributed by atoms with Crippen LogP contribution < -0.4 is 9.62 Å². The number of para-hydroxylation sites is 1. The molecule has 1 heterocycles. The number of imidazole rings is 1. The molecule has 1 N–H and O–H groups in total. The third-order valence-corrected chi connectivity index (χ3v) is 6.57. The summed E-state index contributed by atoms with van der Waals surface area (Å²) in [6.07, 6.45) is 3.62. The number of rotatable bonds is 7. The summed E-state index contributed by atoms with van der Waals surface area (Å²) in [5.41, 5.74) is 2.91. The summed E-state index contributed by atoms with van der Waals surface area (Å²) in [6.45, 7) is 3.88. The number of hydrogen-bond acceptors (Lipinski definition) is 4. The molecule has 0 aliphatic heterocycles. The molecule has 0 fully saturated rings. The second-order valence-corrected chi connectivity index (χ2v) is 8.86. The SMILES string of the molecule is CCS(=O)(=O)N(C)c1ccc(C(=O)NCc2ccccc2-n2ccnc2C)cc1. The van der Waals surface area contributed by atoms with Gasteiger partial charge in [0.15, 0.2) is 0 Å². The van der Waals surface area contributed by atoms with Gasteiger partial charge in [-0.15, -0.1) is 0 Å². The molecule has 8 heteroatoms. The Balaban J connectivity index is 1.72. The first-order valence-corrected chi connectivity index (χ1v) is 10.9. The summed E-state index contributed by atoms with van der Waals surface area (Å²) < 4.78 is 27.1. The number of benzene rings is 2. The highest BCUT2D eigenvalue weighted by Gasteiger charge is 2.16. The topological polar surface area (TPSA) is 84.3 Å². The highest BCUT2D eigenvalue weighted by Crippen LogP contribution is 2.18. The third kappa shape index (κ3) is 4.48. The van der Waals surface area contributed by atoms with Crippen molar-refractivity contribution in [2.45, 2.75) is 20.4 Å². The Morgan fingerprint density at radius 1 is 1.14 bits per heavy atom. The van der Waals surface area contributed by atoms with Crippen molar-refractivity contribution in [3.63, 3.8) is 0 Å². The van der Waals surface area contributed by atoms with Crippen LogP contribution in [-0.2, 0) is 16.6 Å². The van der Waals surface area contributed by atoms with Crippen LogP contribution in [0.5, 0.6) is 0 Å². The largest absolute Gasteiger partial charge is 0.348 e. The smallest absolute Gasteiger partial charge is 0.251 e. The van der Waals surface area contributed by atoms with Gasteiger partial charge in [0.2, 0.25) is 10.0 Å². The minimum absolute atomic E-state index is 0.0154. The average Bonchev–Trinajstić information content (AvgIpc) is 3.17. The van der Waals surface area contributed by atoms with Gasteiger partial charge in [-0.05, 0) is 49.7 Å². The number of sulfonamides is 1. The molecule has 152 valence electrons. The second-order valence-electron chi connectivity index (χ2n) is 6.57. The van der Waals surface area contributed by atoms with Crippen LogP contribution in [0, 0.1) is 6.92 Å². The van der Waals surface area contributed by atoms with Crippen LogP contribution in [0.15, 0.2) is 60.9 Å². The van der Waals surface area contributed by atoms with Gasteiger partial charge in [-0.3, -0.25) is 9.10 Å². The van der Waals surface area contributed by atoms with Gasteiger partial charge in [0, 0.05) is 31.5 Å². The van der Waals surface area contributed by atoms with E-state index in [9.17, 15) is 13.2 Å². The molecular weight excluding hydrogens is 388 g/mol. The van der Waals surface area contributed by atoms with Crippen LogP contribution in [-0.4, -0.2) is 36.7 Å². The molecule has 0 saturated carbocycles. The molecule has 0 atom stereocenters. The highest BCUT2D eigenvalue weighted by atomic mass is 32.2. The Bertz CT molecular complexity index is 1100. The summed E-state index contributed by atoms with van der Waals surface area (Å²) in [5, 5.41) is 2.92. The predicted molar refractivity (Wildman–Crippen MR) is 114 cm³/mol. The first kappa shape index (κ1) is 20.6. The number of carbonyl (C=O) groups is 1. The molecule has 0 radical (unpaired) electrons. The van der Waals surface area contributed by atoms with Crippen molar-refractivity contribution in [1.29, 1.82) is 0 Å². The molecule has 3 rings (SSSR count). The van der Waals surface area contributed by atoms with Crippen LogP contribution in [0.1, 0.15) is 28.7 Å². The molecule has 1 amide bonds. The van der Waals surface area contributed by atoms with E-state index >= 15 is 0 Å². The number of hydrogen-bond donors (Lipinski definition) is 1. The van der Waals surface area contributed by atoms with E-state index < -0.39 is 10.0 Å². The van der Waals surface area contributed by atoms with Crippen molar-refractivity contribution in [1.82, 2.24) is 14.9 Å². The lowest BCUT2D eigenvalue weighted by Gasteiger charge is -2.18. The van der Waals surface area contributed by atoms with Crippen LogP contribution >= 0.6 is 0 Å². The Hall–Kier alpha value is -3.13. The number of amides is 1. The fourth-order valence-corrected chi connectivity index (χ4v) is 3.81. The maximum absolute atomic E-state index is 12.6. The molecule has 1 aromatic heterocycles. The van der Waals surface area contributed by atoms with Gasteiger partial charge in [-0.1, -0.05) is 18.2 Å². The van der Waals surface area contributed by atoms with Gasteiger partial charge < -0.3 is 9.88 Å². The standard InChI is InChI=1S/C21H24N4O3S/c1-4-29(27,28)24(3)19-11-9-17(10-12-19)21(26)23-15-18-7-5-6-8-20(18)25-14-13-22-16(25)2/h5-14H,4,15H2,1-3H3,(H,23,26). The van der Waals surface area contributed by atoms with Crippen LogP contribution in [0.4, 0.5) is 5.69 Å². The van der Waals surface area contributed by atoms with Crippen molar-refractivity contribution in [2.75, 3.05) is 17.1 Å². The molecule has 29 heavy (non-hydrogen) atoms. The van der Waals surface area contributed by atoms with Gasteiger partial charge in [-0.25, -0.2) is 13.4 Å². The molecule has 0 saturated heterocycles. The lowest BCUT2D eigenvalue weighted by Crippen LogP contribution is -2.28. The maximum Gasteiger partial charge on any atom is 0.251 e. The Kier molecular flexibility index (Phi) is 6.03. The van der Waals surface area contributed by atoms with Crippen LogP contribution in [0.3, 0.4) is 0 Å². The first-order chi connectivity index (χ1) is 13.8. The van der Waals surface area contributed by atoms with E-state index in [0.29, 0.717) is 17.8 Å². The number of carbonyl (C=O) groups excluding carboxylic acids is 1. The van der Waals surface area contributed by atoms with E-state index in [0.717, 1.165) is 17.1 Å². The zero-order valence-corrected chi connectivity index (χ0v) is 17.5. The summed E-state index contributed by atoms with van der Waals surface area (Å²) in [5.74, 6) is 0.655. The quantitative estimate of drug-likeness (QED) is 0.647. The van der Waals surface area contributed by atoms with E-state index in [1.54, 1.807) is 37.4 Å². The van der Waals surface area contributed by atoms with E-state index in [1.807, 2.05) is 42.0 Å². The lowest BCUT2D eigenvalue weighted by atomic mass is 10.1. The van der Waals surface area contributed by atoms with Crippen LogP contribution in [0.2, 0.25) is 0 Å². The zero-order valence-electron chi connectivity index (χ0n) is 16.7. The predicted octanol–water partition coefficient (Wildman–Crippen LogP) is 2.90. The summed E-state index contributed by atoms with van der Waals surface area (Å²) in [4.78, 5) is 16.8. The second kappa shape index (κ2) is 8.48. The molecule has 0 bridgehead atoms. The third-order valence-electron chi connectivity index (χ3n) is 4.79. The number of nitrogens with zero attached hydrogens (tertiary/aromatic N) is 3. The van der Waals surface area contributed by atoms with E-state index in [1.165, 1.54) is 11.4 Å². The molecule has 0 spiro atoms. The van der Waals surface area contributed by atoms with Crippen molar-refractivity contribution < 1.29 is 13.2 Å². The Morgan fingerprint density at radius 2 is 1.83 bits per heavy atom. The maximum atomic E-state index is 12.6. The van der Waals surface area contributed by atoms with Crippen molar-refractivity contribution in [3.05, 3.63) is 77.9 Å². The van der Waals surface area contributed by atoms with E-state index in [2.05, 4.69) is 10.3 Å². The van der Waals surface area contributed by atoms with Gasteiger partial charge in [0.1, 0.15) is 5.82 Å². The first-order valence-electron chi connectivity index (χ1n) is 9.26. The molecular formula is C21H24N4O3S. The molecule has 0 aliphatic rings. The molecule has 0 unspecified atom stereocenters. The lowest BCUT2D eigenvalue weighted by molar-refractivity contribution is 0.0951. The number of anilines is 1. The molecule has 2 aromatic carbocycles. The normalized spacial score (nSPS) is 11.3. The Labute approximate surface area is 171 Å². The Morgan fingerprint density at radius 3 is 2.45 bits per heavy atom. The number of aromatic nitrogens is 2. The van der Waals surface area contributed by atoms with E-state index in [4.69, 9.17) is 0 Å². The van der Waals surface area contributed by atoms with Crippen molar-refractivity contribution >= 4 is 21.6 Å². The van der Waals surface area contributed by atoms with Crippen molar-refractivity contribution in [3.8, 4) is 5.69 Å². The fraction of sp³-hybridized carbons (Fsp3) is 0.238. The van der Waals surface area contributed by atoms with Gasteiger partial charge in [0.05, 0.1) is 17.1 Å². The number of nitrogens with one attached hydrogen (secondary N) is 1. The molecule has 3 aromatic rings. The summed E-state index contributed by atoms with van der Waals surface area (Å²) in [7, 11) is -1.83. The summed E-state index contributed by atoms with van der Waals surface area (Å²) >= 11 is 0. The minimum atomic E-state index is -3.34. The van der Waals surface area contributed by atoms with Crippen molar-refractivity contribution in [2.24, 2.45) is 0 Å². The minimum Gasteiger partial charge on any atom is -0.348 e. The van der Waals surface area contributed by atoms with E-state index in [-0.39, 0.29) is 11.7 Å². The summed E-state index contributed by atoms with van der Waals surface area (Å²) in [6, 6.07) is 14.3. The average molecular weight is 413 g/mol. The zero-order chi connectivity index (χ0) is 21.0. The molecule has 0 aliphatic carbocycles. The van der Waals surface area contributed by atoms with Gasteiger partial charge >= 0.3 is 0 Å². The highest BCUT2D eigenvalue weighted by molar-refractivity contribution is 7.92. The van der Waals surface area contributed by atoms with Crippen LogP contribution in [0.25, 0.3) is 5.69 Å². The fourth-order valence-electron chi connectivity index (χ4n) is 2.98. The van der Waals surface area contributed by atoms with Gasteiger partial charge in [0.25, 0.3) is 5.91 Å². The monoisotopic (exact) mass is 412 g/mol. The molecule has 7 nitrogen and oxygen atoms in total.